The SMILES string of the molecule is CCCCC1=C2OCCCCOC2c2ccccc21. The maximum Gasteiger partial charge on any atom is 0.140 e. The van der Waals surface area contributed by atoms with Crippen molar-refractivity contribution in [3.8, 4) is 0 Å². The molecule has 0 saturated carbocycles. The first-order chi connectivity index (χ1) is 9.42. The van der Waals surface area contributed by atoms with Crippen LogP contribution in [0.2, 0.25) is 0 Å². The van der Waals surface area contributed by atoms with Gasteiger partial charge in [-0.2, -0.15) is 0 Å². The number of hydrogen-bond donors (Lipinski definition) is 0. The van der Waals surface area contributed by atoms with E-state index in [4.69, 9.17) is 9.47 Å². The molecule has 1 aromatic rings. The molecule has 0 N–H and O–H groups in total. The van der Waals surface area contributed by atoms with Gasteiger partial charge in [-0.05, 0) is 36.8 Å². The van der Waals surface area contributed by atoms with Gasteiger partial charge in [0.15, 0.2) is 0 Å². The Bertz CT molecular complexity index is 476. The summed E-state index contributed by atoms with van der Waals surface area (Å²) in [5.74, 6) is 1.09. The second-order valence-corrected chi connectivity index (χ2v) is 5.34. The summed E-state index contributed by atoms with van der Waals surface area (Å²) in [7, 11) is 0. The molecule has 0 bridgehead atoms. The van der Waals surface area contributed by atoms with Crippen LogP contribution in [0.5, 0.6) is 0 Å². The highest BCUT2D eigenvalue weighted by Crippen LogP contribution is 2.45. The summed E-state index contributed by atoms with van der Waals surface area (Å²) >= 11 is 0. The van der Waals surface area contributed by atoms with E-state index >= 15 is 0 Å². The molecule has 2 aliphatic rings. The van der Waals surface area contributed by atoms with Gasteiger partial charge in [-0.15, -0.1) is 0 Å². The van der Waals surface area contributed by atoms with Gasteiger partial charge >= 0.3 is 0 Å². The van der Waals surface area contributed by atoms with Crippen LogP contribution in [0.15, 0.2) is 30.0 Å². The summed E-state index contributed by atoms with van der Waals surface area (Å²) in [5.41, 5.74) is 4.02. The Morgan fingerprint density at radius 2 is 2.00 bits per heavy atom. The van der Waals surface area contributed by atoms with Crippen molar-refractivity contribution in [2.24, 2.45) is 0 Å². The van der Waals surface area contributed by atoms with Crippen LogP contribution >= 0.6 is 0 Å². The van der Waals surface area contributed by atoms with Crippen molar-refractivity contribution in [3.63, 3.8) is 0 Å². The quantitative estimate of drug-likeness (QED) is 0.796. The average molecular weight is 258 g/mol. The first-order valence-electron chi connectivity index (χ1n) is 7.48. The molecule has 102 valence electrons. The maximum absolute atomic E-state index is 6.06. The van der Waals surface area contributed by atoms with Crippen LogP contribution in [0, 0.1) is 0 Å². The minimum absolute atomic E-state index is 0.0448. The normalized spacial score (nSPS) is 22.3. The van der Waals surface area contributed by atoms with Crippen molar-refractivity contribution in [1.29, 1.82) is 0 Å². The van der Waals surface area contributed by atoms with E-state index in [0.717, 1.165) is 38.2 Å². The zero-order chi connectivity index (χ0) is 13.1. The summed E-state index contributed by atoms with van der Waals surface area (Å²) in [4.78, 5) is 0. The smallest absolute Gasteiger partial charge is 0.140 e. The number of unbranched alkanes of at least 4 members (excludes halogenated alkanes) is 1. The second kappa shape index (κ2) is 5.79. The van der Waals surface area contributed by atoms with Crippen LogP contribution in [0.4, 0.5) is 0 Å². The molecule has 1 aliphatic carbocycles. The van der Waals surface area contributed by atoms with Gasteiger partial charge in [0.2, 0.25) is 0 Å². The van der Waals surface area contributed by atoms with E-state index < -0.39 is 0 Å². The van der Waals surface area contributed by atoms with E-state index in [-0.39, 0.29) is 6.10 Å². The van der Waals surface area contributed by atoms with Crippen LogP contribution in [-0.2, 0) is 9.47 Å². The van der Waals surface area contributed by atoms with E-state index in [1.807, 2.05) is 0 Å². The summed E-state index contributed by atoms with van der Waals surface area (Å²) in [6.45, 7) is 3.91. The van der Waals surface area contributed by atoms with Crippen LogP contribution in [0.1, 0.15) is 56.3 Å². The molecule has 1 aromatic carbocycles. The fraction of sp³-hybridized carbons (Fsp3) is 0.529. The first kappa shape index (κ1) is 12.7. The van der Waals surface area contributed by atoms with E-state index in [1.165, 1.54) is 29.5 Å². The lowest BCUT2D eigenvalue weighted by Gasteiger charge is -2.21. The van der Waals surface area contributed by atoms with Gasteiger partial charge in [0.1, 0.15) is 11.9 Å². The highest BCUT2D eigenvalue weighted by Gasteiger charge is 2.33. The predicted octanol–water partition coefficient (Wildman–Crippen LogP) is 4.47. The zero-order valence-electron chi connectivity index (χ0n) is 11.7. The Labute approximate surface area is 115 Å². The van der Waals surface area contributed by atoms with Crippen molar-refractivity contribution in [2.45, 2.75) is 45.1 Å². The fourth-order valence-corrected chi connectivity index (χ4v) is 2.96. The number of fused-ring (bicyclic) bond motifs is 3. The lowest BCUT2D eigenvalue weighted by atomic mass is 10.0. The average Bonchev–Trinajstić information content (AvgIpc) is 2.69. The van der Waals surface area contributed by atoms with E-state index in [2.05, 4.69) is 31.2 Å². The third-order valence-electron chi connectivity index (χ3n) is 3.97. The Morgan fingerprint density at radius 3 is 2.89 bits per heavy atom. The Kier molecular flexibility index (Phi) is 3.88. The van der Waals surface area contributed by atoms with Gasteiger partial charge in [0, 0.05) is 12.2 Å². The van der Waals surface area contributed by atoms with E-state index in [0.29, 0.717) is 0 Å². The second-order valence-electron chi connectivity index (χ2n) is 5.34. The Morgan fingerprint density at radius 1 is 1.16 bits per heavy atom. The number of ether oxygens (including phenoxy) is 2. The molecule has 1 unspecified atom stereocenters. The lowest BCUT2D eigenvalue weighted by molar-refractivity contribution is 0.0100. The van der Waals surface area contributed by atoms with Gasteiger partial charge in [0.05, 0.1) is 6.61 Å². The molecule has 1 aliphatic heterocycles. The van der Waals surface area contributed by atoms with Crippen molar-refractivity contribution >= 4 is 5.57 Å². The molecule has 0 amide bonds. The first-order valence-corrected chi connectivity index (χ1v) is 7.48. The third kappa shape index (κ3) is 2.42. The fourth-order valence-electron chi connectivity index (χ4n) is 2.96. The van der Waals surface area contributed by atoms with Crippen LogP contribution in [-0.4, -0.2) is 13.2 Å². The minimum Gasteiger partial charge on any atom is -0.494 e. The van der Waals surface area contributed by atoms with Crippen molar-refractivity contribution in [3.05, 3.63) is 41.2 Å². The van der Waals surface area contributed by atoms with Gasteiger partial charge in [-0.3, -0.25) is 0 Å². The lowest BCUT2D eigenvalue weighted by Crippen LogP contribution is -2.13. The molecular weight excluding hydrogens is 236 g/mol. The number of benzene rings is 1. The largest absolute Gasteiger partial charge is 0.494 e. The Hall–Kier alpha value is -1.28. The highest BCUT2D eigenvalue weighted by molar-refractivity contribution is 5.76. The molecule has 2 heteroatoms. The third-order valence-corrected chi connectivity index (χ3v) is 3.97. The number of rotatable bonds is 3. The van der Waals surface area contributed by atoms with E-state index in [9.17, 15) is 0 Å². The minimum atomic E-state index is 0.0448. The summed E-state index contributed by atoms with van der Waals surface area (Å²) in [6.07, 6.45) is 5.75. The zero-order valence-corrected chi connectivity index (χ0v) is 11.7. The molecule has 0 aromatic heterocycles. The monoisotopic (exact) mass is 258 g/mol. The number of allylic oxidation sites excluding steroid dienone is 1. The van der Waals surface area contributed by atoms with Crippen molar-refractivity contribution in [2.75, 3.05) is 13.2 Å². The van der Waals surface area contributed by atoms with Crippen LogP contribution in [0.3, 0.4) is 0 Å². The molecule has 1 atom stereocenters. The molecule has 19 heavy (non-hydrogen) atoms. The highest BCUT2D eigenvalue weighted by atomic mass is 16.5. The molecule has 3 rings (SSSR count). The molecular formula is C17H22O2. The summed E-state index contributed by atoms with van der Waals surface area (Å²) in [6, 6.07) is 8.61. The molecule has 0 spiro atoms. The van der Waals surface area contributed by atoms with Crippen LogP contribution < -0.4 is 0 Å². The predicted molar refractivity (Wildman–Crippen MR) is 76.8 cm³/mol. The Balaban J connectivity index is 1.98. The van der Waals surface area contributed by atoms with Crippen LogP contribution in [0.25, 0.3) is 5.57 Å². The van der Waals surface area contributed by atoms with Gasteiger partial charge < -0.3 is 9.47 Å². The van der Waals surface area contributed by atoms with Crippen molar-refractivity contribution < 1.29 is 9.47 Å². The molecule has 0 radical (unpaired) electrons. The van der Waals surface area contributed by atoms with E-state index in [1.54, 1.807) is 0 Å². The molecule has 1 heterocycles. The number of hydrogen-bond acceptors (Lipinski definition) is 2. The van der Waals surface area contributed by atoms with Gasteiger partial charge in [0.25, 0.3) is 0 Å². The summed E-state index contributed by atoms with van der Waals surface area (Å²) in [5, 5.41) is 0. The standard InChI is InChI=1S/C17H22O2/c1-2-3-8-14-13-9-4-5-10-15(13)17-16(14)18-11-6-7-12-19-17/h4-5,9-10,17H,2-3,6-8,11-12H2,1H3. The molecule has 1 saturated heterocycles. The topological polar surface area (TPSA) is 18.5 Å². The van der Waals surface area contributed by atoms with Gasteiger partial charge in [-0.25, -0.2) is 0 Å². The molecule has 2 nitrogen and oxygen atoms in total. The summed E-state index contributed by atoms with van der Waals surface area (Å²) < 4.78 is 12.1. The van der Waals surface area contributed by atoms with Crippen molar-refractivity contribution in [1.82, 2.24) is 0 Å². The maximum atomic E-state index is 6.06. The molecule has 1 fully saturated rings. The van der Waals surface area contributed by atoms with Gasteiger partial charge in [-0.1, -0.05) is 37.6 Å².